The van der Waals surface area contributed by atoms with Crippen molar-refractivity contribution in [1.29, 1.82) is 0 Å². The average Bonchev–Trinajstić information content (AvgIpc) is 3.00. The number of amides is 1. The Labute approximate surface area is 134 Å². The first-order chi connectivity index (χ1) is 11.0. The highest BCUT2D eigenvalue weighted by molar-refractivity contribution is 6.04. The van der Waals surface area contributed by atoms with Crippen LogP contribution in [0.4, 0.5) is 5.69 Å². The summed E-state index contributed by atoms with van der Waals surface area (Å²) in [6.07, 6.45) is 0. The summed E-state index contributed by atoms with van der Waals surface area (Å²) in [5.41, 5.74) is 1.31. The van der Waals surface area contributed by atoms with Gasteiger partial charge in [-0.1, -0.05) is 0 Å². The number of ketones is 1. The number of carbonyl (C=O) groups excluding carboxylic acids is 2. The predicted octanol–water partition coefficient (Wildman–Crippen LogP) is 3.27. The predicted molar refractivity (Wildman–Crippen MR) is 87.5 cm³/mol. The number of nitrogens with one attached hydrogen (secondary N) is 2. The van der Waals surface area contributed by atoms with Gasteiger partial charge in [0.1, 0.15) is 5.69 Å². The number of anilines is 1. The number of benzene rings is 1. The number of carbonyl (C=O) groups is 2. The van der Waals surface area contributed by atoms with Gasteiger partial charge < -0.3 is 19.8 Å². The van der Waals surface area contributed by atoms with Gasteiger partial charge in [-0.05, 0) is 38.1 Å². The maximum Gasteiger partial charge on any atom is 0.272 e. The van der Waals surface area contributed by atoms with E-state index in [-0.39, 0.29) is 11.7 Å². The van der Waals surface area contributed by atoms with Crippen LogP contribution in [-0.4, -0.2) is 29.9 Å². The maximum absolute atomic E-state index is 12.2. The summed E-state index contributed by atoms with van der Waals surface area (Å²) in [5, 5.41) is 2.76. The SMILES string of the molecule is CCOc1ccc(NC(=O)c2ccc(C(C)=O)[nH]2)cc1OCC. The van der Waals surface area contributed by atoms with Crippen molar-refractivity contribution in [2.24, 2.45) is 0 Å². The van der Waals surface area contributed by atoms with Crippen LogP contribution >= 0.6 is 0 Å². The smallest absolute Gasteiger partial charge is 0.272 e. The standard InChI is InChI=1S/C17H20N2O4/c1-4-22-15-9-6-12(10-16(15)23-5-2)18-17(21)14-8-7-13(19-14)11(3)20/h6-10,19H,4-5H2,1-3H3,(H,18,21). The van der Waals surface area contributed by atoms with Crippen LogP contribution in [0.15, 0.2) is 30.3 Å². The van der Waals surface area contributed by atoms with Crippen LogP contribution in [0.3, 0.4) is 0 Å². The van der Waals surface area contributed by atoms with Crippen molar-refractivity contribution in [1.82, 2.24) is 4.98 Å². The van der Waals surface area contributed by atoms with E-state index in [1.54, 1.807) is 30.3 Å². The van der Waals surface area contributed by atoms with Crippen molar-refractivity contribution in [2.45, 2.75) is 20.8 Å². The molecule has 0 aliphatic carbocycles. The topological polar surface area (TPSA) is 80.4 Å². The zero-order valence-electron chi connectivity index (χ0n) is 13.4. The van der Waals surface area contributed by atoms with Crippen LogP contribution in [0.25, 0.3) is 0 Å². The third kappa shape index (κ3) is 4.12. The molecule has 0 radical (unpaired) electrons. The molecule has 1 aromatic carbocycles. The lowest BCUT2D eigenvalue weighted by atomic mass is 10.2. The molecule has 2 rings (SSSR count). The minimum Gasteiger partial charge on any atom is -0.490 e. The molecule has 1 heterocycles. The lowest BCUT2D eigenvalue weighted by molar-refractivity contribution is 0.101. The summed E-state index contributed by atoms with van der Waals surface area (Å²) in [4.78, 5) is 26.3. The molecular formula is C17H20N2O4. The molecule has 0 bridgehead atoms. The minimum atomic E-state index is -0.330. The van der Waals surface area contributed by atoms with Crippen LogP contribution in [0.2, 0.25) is 0 Å². The molecule has 2 N–H and O–H groups in total. The Morgan fingerprint density at radius 3 is 2.26 bits per heavy atom. The number of hydrogen-bond acceptors (Lipinski definition) is 4. The fourth-order valence-electron chi connectivity index (χ4n) is 2.06. The highest BCUT2D eigenvalue weighted by atomic mass is 16.5. The van der Waals surface area contributed by atoms with E-state index in [9.17, 15) is 9.59 Å². The molecule has 6 heteroatoms. The molecule has 2 aromatic rings. The second-order valence-corrected chi connectivity index (χ2v) is 4.82. The van der Waals surface area contributed by atoms with Gasteiger partial charge >= 0.3 is 0 Å². The molecule has 0 aliphatic heterocycles. The Morgan fingerprint density at radius 2 is 1.65 bits per heavy atom. The van der Waals surface area contributed by atoms with Gasteiger partial charge in [-0.15, -0.1) is 0 Å². The largest absolute Gasteiger partial charge is 0.490 e. The van der Waals surface area contributed by atoms with Crippen LogP contribution < -0.4 is 14.8 Å². The van der Waals surface area contributed by atoms with Crippen molar-refractivity contribution in [3.05, 3.63) is 41.7 Å². The molecule has 23 heavy (non-hydrogen) atoms. The number of H-pyrrole nitrogens is 1. The molecule has 0 atom stereocenters. The lowest BCUT2D eigenvalue weighted by Crippen LogP contribution is -2.13. The Balaban J connectivity index is 2.16. The first-order valence-corrected chi connectivity index (χ1v) is 7.46. The van der Waals surface area contributed by atoms with Crippen molar-refractivity contribution in [3.8, 4) is 11.5 Å². The lowest BCUT2D eigenvalue weighted by Gasteiger charge is -2.12. The second kappa shape index (κ2) is 7.49. The molecule has 0 aliphatic rings. The summed E-state index contributed by atoms with van der Waals surface area (Å²) in [6.45, 7) is 6.24. The van der Waals surface area contributed by atoms with E-state index < -0.39 is 0 Å². The first-order valence-electron chi connectivity index (χ1n) is 7.46. The van der Waals surface area contributed by atoms with Gasteiger partial charge in [0.25, 0.3) is 5.91 Å². The van der Waals surface area contributed by atoms with Crippen LogP contribution in [-0.2, 0) is 0 Å². The van der Waals surface area contributed by atoms with Gasteiger partial charge in [0.05, 0.1) is 18.9 Å². The van der Waals surface area contributed by atoms with Gasteiger partial charge in [-0.25, -0.2) is 0 Å². The third-order valence-electron chi connectivity index (χ3n) is 3.11. The summed E-state index contributed by atoms with van der Waals surface area (Å²) in [5.74, 6) is 0.752. The Hall–Kier alpha value is -2.76. The fourth-order valence-corrected chi connectivity index (χ4v) is 2.06. The van der Waals surface area contributed by atoms with Crippen LogP contribution in [0.1, 0.15) is 41.7 Å². The van der Waals surface area contributed by atoms with E-state index in [1.807, 2.05) is 13.8 Å². The van der Waals surface area contributed by atoms with Crippen molar-refractivity contribution >= 4 is 17.4 Å². The number of Topliss-reactive ketones (excluding diaryl/α,β-unsaturated/α-hetero) is 1. The molecule has 6 nitrogen and oxygen atoms in total. The number of rotatable bonds is 7. The molecule has 1 aromatic heterocycles. The van der Waals surface area contributed by atoms with E-state index in [1.165, 1.54) is 6.92 Å². The van der Waals surface area contributed by atoms with Gasteiger partial charge in [0.15, 0.2) is 17.3 Å². The Kier molecular flexibility index (Phi) is 5.41. The van der Waals surface area contributed by atoms with Crippen molar-refractivity contribution in [2.75, 3.05) is 18.5 Å². The van der Waals surface area contributed by atoms with Gasteiger partial charge in [-0.3, -0.25) is 9.59 Å². The highest BCUT2D eigenvalue weighted by Gasteiger charge is 2.12. The molecule has 0 fully saturated rings. The minimum absolute atomic E-state index is 0.122. The first kappa shape index (κ1) is 16.6. The molecule has 0 spiro atoms. The number of hydrogen-bond donors (Lipinski definition) is 2. The number of aromatic amines is 1. The summed E-state index contributed by atoms with van der Waals surface area (Å²) < 4.78 is 11.0. The van der Waals surface area contributed by atoms with Crippen LogP contribution in [0, 0.1) is 0 Å². The van der Waals surface area contributed by atoms with Gasteiger partial charge in [0, 0.05) is 18.7 Å². The zero-order valence-corrected chi connectivity index (χ0v) is 13.4. The Bertz CT molecular complexity index is 706. The number of aromatic nitrogens is 1. The monoisotopic (exact) mass is 316 g/mol. The molecule has 0 saturated heterocycles. The van der Waals surface area contributed by atoms with E-state index in [2.05, 4.69) is 10.3 Å². The molecule has 122 valence electrons. The molecule has 0 unspecified atom stereocenters. The third-order valence-corrected chi connectivity index (χ3v) is 3.11. The Morgan fingerprint density at radius 1 is 1.00 bits per heavy atom. The zero-order chi connectivity index (χ0) is 16.8. The summed E-state index contributed by atoms with van der Waals surface area (Å²) in [6, 6.07) is 8.35. The molecule has 1 amide bonds. The van der Waals surface area contributed by atoms with Gasteiger partial charge in [-0.2, -0.15) is 0 Å². The number of ether oxygens (including phenoxy) is 2. The fraction of sp³-hybridized carbons (Fsp3) is 0.294. The van der Waals surface area contributed by atoms with E-state index in [0.717, 1.165) is 0 Å². The second-order valence-electron chi connectivity index (χ2n) is 4.82. The summed E-state index contributed by atoms with van der Waals surface area (Å²) in [7, 11) is 0. The van der Waals surface area contributed by atoms with E-state index in [0.29, 0.717) is 41.8 Å². The highest BCUT2D eigenvalue weighted by Crippen LogP contribution is 2.30. The van der Waals surface area contributed by atoms with Crippen molar-refractivity contribution in [3.63, 3.8) is 0 Å². The summed E-state index contributed by atoms with van der Waals surface area (Å²) >= 11 is 0. The van der Waals surface area contributed by atoms with Crippen LogP contribution in [0.5, 0.6) is 11.5 Å². The molecule has 0 saturated carbocycles. The van der Waals surface area contributed by atoms with E-state index >= 15 is 0 Å². The average molecular weight is 316 g/mol. The van der Waals surface area contributed by atoms with Gasteiger partial charge in [0.2, 0.25) is 0 Å². The van der Waals surface area contributed by atoms with E-state index in [4.69, 9.17) is 9.47 Å². The van der Waals surface area contributed by atoms with Crippen molar-refractivity contribution < 1.29 is 19.1 Å². The maximum atomic E-state index is 12.2. The molecular weight excluding hydrogens is 296 g/mol. The quantitative estimate of drug-likeness (QED) is 0.768. The normalized spacial score (nSPS) is 10.2.